The molecule has 36 heavy (non-hydrogen) atoms. The average molecular weight is 484 g/mol. The molecule has 2 aromatic carbocycles. The largest absolute Gasteiger partial charge is 0.491 e. The van der Waals surface area contributed by atoms with Gasteiger partial charge < -0.3 is 15.4 Å². The number of carbonyl (C=O) groups excluding carboxylic acids is 1. The normalized spacial score (nSPS) is 16.9. The van der Waals surface area contributed by atoms with Crippen LogP contribution in [0.15, 0.2) is 55.2 Å². The second kappa shape index (κ2) is 7.51. The number of likely N-dealkylation sites (N-methyl/N-ethyl adjacent to an activating group) is 1. The molecule has 10 heteroatoms. The van der Waals surface area contributed by atoms with Crippen molar-refractivity contribution in [3.05, 3.63) is 72.2 Å². The summed E-state index contributed by atoms with van der Waals surface area (Å²) in [7, 11) is 1.66. The van der Waals surface area contributed by atoms with E-state index in [1.54, 1.807) is 24.0 Å². The second-order valence-electron chi connectivity index (χ2n) is 9.40. The number of hydrogen-bond acceptors (Lipinski definition) is 6. The lowest BCUT2D eigenvalue weighted by Crippen LogP contribution is -2.32. The molecular formula is C26H22FN7O2. The SMILES string of the molecule is CN(C(=O)c1cc2c(cc1F)nc(N)c1cncn12)[C@@H]1COc2cc(-c3cnn(C4CC4)c3)ccc21. The minimum absolute atomic E-state index is 0.0517. The summed E-state index contributed by atoms with van der Waals surface area (Å²) in [4.78, 5) is 23.4. The Bertz CT molecular complexity index is 1690. The van der Waals surface area contributed by atoms with Crippen LogP contribution in [0, 0.1) is 5.82 Å². The maximum atomic E-state index is 15.1. The van der Waals surface area contributed by atoms with E-state index in [-0.39, 0.29) is 17.4 Å². The zero-order valence-corrected chi connectivity index (χ0v) is 19.4. The summed E-state index contributed by atoms with van der Waals surface area (Å²) in [5.41, 5.74) is 10.3. The van der Waals surface area contributed by atoms with E-state index >= 15 is 4.39 Å². The van der Waals surface area contributed by atoms with E-state index < -0.39 is 11.7 Å². The van der Waals surface area contributed by atoms with Gasteiger partial charge in [0.15, 0.2) is 0 Å². The average Bonchev–Trinajstić information content (AvgIpc) is 3.26. The van der Waals surface area contributed by atoms with Crippen LogP contribution in [0.4, 0.5) is 10.2 Å². The number of amides is 1. The topological polar surface area (TPSA) is 104 Å². The fourth-order valence-corrected chi connectivity index (χ4v) is 4.91. The van der Waals surface area contributed by atoms with E-state index in [1.807, 2.05) is 29.1 Å². The molecular weight excluding hydrogens is 461 g/mol. The third-order valence-electron chi connectivity index (χ3n) is 7.11. The number of fused-ring (bicyclic) bond motifs is 4. The van der Waals surface area contributed by atoms with Gasteiger partial charge in [0.1, 0.15) is 29.5 Å². The monoisotopic (exact) mass is 483 g/mol. The predicted molar refractivity (Wildman–Crippen MR) is 131 cm³/mol. The van der Waals surface area contributed by atoms with Gasteiger partial charge in [0.25, 0.3) is 5.91 Å². The molecule has 0 bridgehead atoms. The Morgan fingerprint density at radius 2 is 2.03 bits per heavy atom. The zero-order chi connectivity index (χ0) is 24.6. The number of nitrogens with two attached hydrogens (primary N) is 1. The Morgan fingerprint density at radius 3 is 2.86 bits per heavy atom. The highest BCUT2D eigenvalue weighted by molar-refractivity contribution is 5.98. The first-order valence-electron chi connectivity index (χ1n) is 11.8. The Balaban J connectivity index is 1.20. The minimum atomic E-state index is -0.659. The summed E-state index contributed by atoms with van der Waals surface area (Å²) >= 11 is 0. The lowest BCUT2D eigenvalue weighted by molar-refractivity contribution is 0.0704. The predicted octanol–water partition coefficient (Wildman–Crippen LogP) is 4.01. The molecule has 0 spiro atoms. The highest BCUT2D eigenvalue weighted by atomic mass is 19.1. The fourth-order valence-electron chi connectivity index (χ4n) is 4.91. The van der Waals surface area contributed by atoms with Gasteiger partial charge in [-0.15, -0.1) is 0 Å². The minimum Gasteiger partial charge on any atom is -0.491 e. The Labute approximate surface area is 204 Å². The van der Waals surface area contributed by atoms with Crippen LogP contribution in [0.25, 0.3) is 27.7 Å². The standard InChI is InChI=1S/C26H22FN7O2/c1-32(26(35)18-7-21-20(8-19(18)27)31-25(28)22-10-29-13-33(21)22)23-12-36-24-6-14(2-5-17(23)24)15-9-30-34(11-15)16-3-4-16/h2,5-11,13,16,23H,3-4,12H2,1H3,(H2,28,31)/t23-/m1/s1. The third-order valence-corrected chi connectivity index (χ3v) is 7.11. The van der Waals surface area contributed by atoms with Gasteiger partial charge in [-0.05, 0) is 30.5 Å². The van der Waals surface area contributed by atoms with Crippen molar-refractivity contribution in [1.82, 2.24) is 29.0 Å². The van der Waals surface area contributed by atoms with Crippen LogP contribution in [0.2, 0.25) is 0 Å². The van der Waals surface area contributed by atoms with Gasteiger partial charge in [-0.25, -0.2) is 14.4 Å². The summed E-state index contributed by atoms with van der Waals surface area (Å²) in [5, 5.41) is 4.47. The first-order valence-corrected chi connectivity index (χ1v) is 11.8. The van der Waals surface area contributed by atoms with Gasteiger partial charge in [-0.2, -0.15) is 5.10 Å². The number of nitrogen functional groups attached to an aromatic ring is 1. The van der Waals surface area contributed by atoms with E-state index in [1.165, 1.54) is 29.9 Å². The molecule has 7 rings (SSSR count). The summed E-state index contributed by atoms with van der Waals surface area (Å²) < 4.78 is 24.8. The maximum Gasteiger partial charge on any atom is 0.257 e. The number of anilines is 1. The Morgan fingerprint density at radius 1 is 1.17 bits per heavy atom. The number of rotatable bonds is 4. The van der Waals surface area contributed by atoms with Crippen LogP contribution >= 0.6 is 0 Å². The second-order valence-corrected chi connectivity index (χ2v) is 9.40. The molecule has 4 heterocycles. The molecule has 0 unspecified atom stereocenters. The highest BCUT2D eigenvalue weighted by Gasteiger charge is 2.32. The number of benzene rings is 2. The van der Waals surface area contributed by atoms with Crippen molar-refractivity contribution >= 4 is 28.3 Å². The van der Waals surface area contributed by atoms with Gasteiger partial charge in [0.2, 0.25) is 0 Å². The lowest BCUT2D eigenvalue weighted by atomic mass is 10.0. The van der Waals surface area contributed by atoms with Crippen LogP contribution < -0.4 is 10.5 Å². The van der Waals surface area contributed by atoms with Crippen molar-refractivity contribution < 1.29 is 13.9 Å². The number of carbonyl (C=O) groups is 1. The Hall–Kier alpha value is -4.47. The molecule has 1 aliphatic heterocycles. The van der Waals surface area contributed by atoms with Crippen molar-refractivity contribution in [2.45, 2.75) is 24.9 Å². The van der Waals surface area contributed by atoms with E-state index in [0.29, 0.717) is 29.2 Å². The van der Waals surface area contributed by atoms with E-state index in [4.69, 9.17) is 10.5 Å². The summed E-state index contributed by atoms with van der Waals surface area (Å²) in [5.74, 6) is -0.145. The van der Waals surface area contributed by atoms with Crippen LogP contribution in [0.3, 0.4) is 0 Å². The summed E-state index contributed by atoms with van der Waals surface area (Å²) in [6.45, 7) is 0.293. The molecule has 1 atom stereocenters. The number of halogens is 1. The third kappa shape index (κ3) is 3.14. The van der Waals surface area contributed by atoms with Crippen LogP contribution in [-0.4, -0.2) is 48.6 Å². The van der Waals surface area contributed by atoms with Gasteiger partial charge in [0.05, 0.1) is 47.4 Å². The van der Waals surface area contributed by atoms with Gasteiger partial charge in [-0.1, -0.05) is 12.1 Å². The van der Waals surface area contributed by atoms with E-state index in [2.05, 4.69) is 21.3 Å². The first-order chi connectivity index (χ1) is 17.5. The molecule has 1 fully saturated rings. The van der Waals surface area contributed by atoms with Gasteiger partial charge >= 0.3 is 0 Å². The van der Waals surface area contributed by atoms with Crippen LogP contribution in [-0.2, 0) is 0 Å². The van der Waals surface area contributed by atoms with Crippen molar-refractivity contribution in [1.29, 1.82) is 0 Å². The van der Waals surface area contributed by atoms with Crippen molar-refractivity contribution in [2.75, 3.05) is 19.4 Å². The van der Waals surface area contributed by atoms with E-state index in [0.717, 1.165) is 22.4 Å². The highest BCUT2D eigenvalue weighted by Crippen LogP contribution is 2.40. The number of aromatic nitrogens is 5. The molecule has 5 aromatic rings. The molecule has 2 N–H and O–H groups in total. The number of nitrogens with zero attached hydrogens (tertiary/aromatic N) is 6. The molecule has 1 saturated carbocycles. The van der Waals surface area contributed by atoms with Crippen LogP contribution in [0.1, 0.15) is 40.8 Å². The van der Waals surface area contributed by atoms with E-state index in [9.17, 15) is 4.79 Å². The molecule has 180 valence electrons. The molecule has 3 aromatic heterocycles. The summed E-state index contributed by atoms with van der Waals surface area (Å²) in [6.07, 6.45) is 9.42. The smallest absolute Gasteiger partial charge is 0.257 e. The molecule has 1 aliphatic carbocycles. The van der Waals surface area contributed by atoms with Crippen molar-refractivity contribution in [3.63, 3.8) is 0 Å². The van der Waals surface area contributed by atoms with Crippen molar-refractivity contribution in [2.24, 2.45) is 0 Å². The lowest BCUT2D eigenvalue weighted by Gasteiger charge is -2.24. The maximum absolute atomic E-state index is 15.1. The number of imidazole rings is 1. The molecule has 0 radical (unpaired) electrons. The molecule has 2 aliphatic rings. The zero-order valence-electron chi connectivity index (χ0n) is 19.4. The van der Waals surface area contributed by atoms with Gasteiger partial charge in [0, 0.05) is 30.4 Å². The quantitative estimate of drug-likeness (QED) is 0.414. The number of hydrogen-bond donors (Lipinski definition) is 1. The molecule has 9 nitrogen and oxygen atoms in total. The number of ether oxygens (including phenoxy) is 1. The fraction of sp³-hybridized carbons (Fsp3) is 0.231. The van der Waals surface area contributed by atoms with Gasteiger partial charge in [-0.3, -0.25) is 13.9 Å². The summed E-state index contributed by atoms with van der Waals surface area (Å²) in [6, 6.07) is 8.87. The van der Waals surface area contributed by atoms with Crippen molar-refractivity contribution in [3.8, 4) is 16.9 Å². The van der Waals surface area contributed by atoms with Crippen LogP contribution in [0.5, 0.6) is 5.75 Å². The first kappa shape index (κ1) is 20.9. The molecule has 0 saturated heterocycles. The Kier molecular flexibility index (Phi) is 4.35. The molecule has 1 amide bonds.